The highest BCUT2D eigenvalue weighted by molar-refractivity contribution is 5.93. The fourth-order valence-corrected chi connectivity index (χ4v) is 3.56. The van der Waals surface area contributed by atoms with E-state index in [1.807, 2.05) is 31.2 Å². The van der Waals surface area contributed by atoms with Crippen molar-refractivity contribution in [1.29, 1.82) is 0 Å². The molecule has 0 aliphatic heterocycles. The van der Waals surface area contributed by atoms with Gasteiger partial charge in [0.2, 0.25) is 11.8 Å². The van der Waals surface area contributed by atoms with Gasteiger partial charge >= 0.3 is 0 Å². The normalized spacial score (nSPS) is 14.0. The van der Waals surface area contributed by atoms with E-state index in [1.165, 1.54) is 23.9 Å². The second-order valence-electron chi connectivity index (χ2n) is 7.86. The average Bonchev–Trinajstić information content (AvgIpc) is 3.48. The van der Waals surface area contributed by atoms with Gasteiger partial charge < -0.3 is 15.4 Å². The van der Waals surface area contributed by atoms with E-state index in [4.69, 9.17) is 4.74 Å². The highest BCUT2D eigenvalue weighted by Gasteiger charge is 2.27. The SMILES string of the molecule is COc1cc(C(=O)N[C@@H](CC(=O)NC2CC2)c2ccccc2C)nn1-c1ccccc1F. The topological polar surface area (TPSA) is 85.2 Å². The Hall–Kier alpha value is -3.68. The van der Waals surface area contributed by atoms with Crippen LogP contribution in [0, 0.1) is 12.7 Å². The predicted octanol–water partition coefficient (Wildman–Crippen LogP) is 3.47. The number of carbonyl (C=O) groups excluding carboxylic acids is 2. The van der Waals surface area contributed by atoms with E-state index in [-0.39, 0.29) is 35.6 Å². The molecule has 2 N–H and O–H groups in total. The van der Waals surface area contributed by atoms with Crippen molar-refractivity contribution in [1.82, 2.24) is 20.4 Å². The number of nitrogens with zero attached hydrogens (tertiary/aromatic N) is 2. The Morgan fingerprint density at radius 2 is 1.91 bits per heavy atom. The predicted molar refractivity (Wildman–Crippen MR) is 117 cm³/mol. The van der Waals surface area contributed by atoms with Gasteiger partial charge in [0.25, 0.3) is 5.91 Å². The van der Waals surface area contributed by atoms with Gasteiger partial charge in [0.05, 0.1) is 19.6 Å². The summed E-state index contributed by atoms with van der Waals surface area (Å²) in [6, 6.07) is 14.8. The summed E-state index contributed by atoms with van der Waals surface area (Å²) >= 11 is 0. The van der Waals surface area contributed by atoms with E-state index in [1.54, 1.807) is 18.2 Å². The third-order valence-electron chi connectivity index (χ3n) is 5.40. The highest BCUT2D eigenvalue weighted by Crippen LogP contribution is 2.25. The van der Waals surface area contributed by atoms with E-state index in [2.05, 4.69) is 15.7 Å². The largest absolute Gasteiger partial charge is 0.481 e. The number of para-hydroxylation sites is 1. The molecule has 0 spiro atoms. The number of benzene rings is 2. The molecular weight excluding hydrogens is 411 g/mol. The van der Waals surface area contributed by atoms with Crippen molar-refractivity contribution in [3.05, 3.63) is 77.2 Å². The van der Waals surface area contributed by atoms with Gasteiger partial charge in [0, 0.05) is 12.1 Å². The fraction of sp³-hybridized carbons (Fsp3) is 0.292. The third kappa shape index (κ3) is 4.80. The van der Waals surface area contributed by atoms with Crippen LogP contribution in [-0.4, -0.2) is 34.7 Å². The molecule has 1 fully saturated rings. The Morgan fingerprint density at radius 3 is 2.59 bits per heavy atom. The van der Waals surface area contributed by atoms with E-state index in [0.29, 0.717) is 0 Å². The minimum atomic E-state index is -0.535. The van der Waals surface area contributed by atoms with Crippen molar-refractivity contribution in [2.24, 2.45) is 0 Å². The third-order valence-corrected chi connectivity index (χ3v) is 5.40. The van der Waals surface area contributed by atoms with Crippen LogP contribution in [0.25, 0.3) is 5.69 Å². The van der Waals surface area contributed by atoms with E-state index in [0.717, 1.165) is 24.0 Å². The number of aromatic nitrogens is 2. The van der Waals surface area contributed by atoms with Crippen LogP contribution < -0.4 is 15.4 Å². The Balaban J connectivity index is 1.59. The molecule has 4 rings (SSSR count). The lowest BCUT2D eigenvalue weighted by Gasteiger charge is -2.20. The average molecular weight is 436 g/mol. The fourth-order valence-electron chi connectivity index (χ4n) is 3.56. The first-order chi connectivity index (χ1) is 15.5. The summed E-state index contributed by atoms with van der Waals surface area (Å²) in [7, 11) is 1.42. The summed E-state index contributed by atoms with van der Waals surface area (Å²) in [4.78, 5) is 25.6. The Bertz CT molecular complexity index is 1140. The molecular formula is C24H25FN4O3. The van der Waals surface area contributed by atoms with Crippen LogP contribution in [0.5, 0.6) is 5.88 Å². The number of ether oxygens (including phenoxy) is 1. The van der Waals surface area contributed by atoms with Crippen molar-refractivity contribution >= 4 is 11.8 Å². The minimum absolute atomic E-state index is 0.0614. The zero-order chi connectivity index (χ0) is 22.7. The van der Waals surface area contributed by atoms with Crippen molar-refractivity contribution in [3.8, 4) is 11.6 Å². The summed E-state index contributed by atoms with van der Waals surface area (Å²) in [5, 5.41) is 10.1. The van der Waals surface area contributed by atoms with Gasteiger partial charge in [0.15, 0.2) is 5.69 Å². The molecule has 0 bridgehead atoms. The van der Waals surface area contributed by atoms with E-state index < -0.39 is 17.8 Å². The van der Waals surface area contributed by atoms with Crippen LogP contribution in [0.1, 0.15) is 46.9 Å². The summed E-state index contributed by atoms with van der Waals surface area (Å²) in [5.74, 6) is -0.865. The lowest BCUT2D eigenvalue weighted by Crippen LogP contribution is -2.35. The molecule has 1 heterocycles. The lowest BCUT2D eigenvalue weighted by molar-refractivity contribution is -0.121. The molecule has 8 heteroatoms. The van der Waals surface area contributed by atoms with Gasteiger partial charge in [-0.2, -0.15) is 9.78 Å². The molecule has 7 nitrogen and oxygen atoms in total. The molecule has 0 radical (unpaired) electrons. The molecule has 166 valence electrons. The zero-order valence-corrected chi connectivity index (χ0v) is 18.0. The van der Waals surface area contributed by atoms with Gasteiger partial charge in [-0.15, -0.1) is 0 Å². The summed E-state index contributed by atoms with van der Waals surface area (Å²) in [6.07, 6.45) is 2.08. The molecule has 0 unspecified atom stereocenters. The zero-order valence-electron chi connectivity index (χ0n) is 18.0. The highest BCUT2D eigenvalue weighted by atomic mass is 19.1. The number of rotatable bonds is 8. The second-order valence-corrected chi connectivity index (χ2v) is 7.86. The number of nitrogens with one attached hydrogen (secondary N) is 2. The van der Waals surface area contributed by atoms with Crippen LogP contribution in [0.15, 0.2) is 54.6 Å². The van der Waals surface area contributed by atoms with Gasteiger partial charge in [0.1, 0.15) is 11.5 Å². The molecule has 1 aliphatic carbocycles. The second kappa shape index (κ2) is 9.21. The monoisotopic (exact) mass is 436 g/mol. The molecule has 0 saturated heterocycles. The summed E-state index contributed by atoms with van der Waals surface area (Å²) < 4.78 is 20.8. The number of carbonyl (C=O) groups is 2. The van der Waals surface area contributed by atoms with E-state index in [9.17, 15) is 14.0 Å². The van der Waals surface area contributed by atoms with Crippen LogP contribution in [-0.2, 0) is 4.79 Å². The molecule has 1 aliphatic rings. The number of aryl methyl sites for hydroxylation is 1. The van der Waals surface area contributed by atoms with Gasteiger partial charge in [-0.05, 0) is 43.0 Å². The first kappa shape index (κ1) is 21.5. The number of halogens is 1. The Morgan fingerprint density at radius 1 is 1.19 bits per heavy atom. The first-order valence-corrected chi connectivity index (χ1v) is 10.5. The summed E-state index contributed by atoms with van der Waals surface area (Å²) in [5.41, 5.74) is 2.05. The van der Waals surface area contributed by atoms with Crippen LogP contribution in [0.4, 0.5) is 4.39 Å². The molecule has 3 aromatic rings. The number of hydrogen-bond acceptors (Lipinski definition) is 4. The molecule has 2 aromatic carbocycles. The Kier molecular flexibility index (Phi) is 6.20. The number of amides is 2. The van der Waals surface area contributed by atoms with Crippen LogP contribution in [0.3, 0.4) is 0 Å². The van der Waals surface area contributed by atoms with Crippen LogP contribution in [0.2, 0.25) is 0 Å². The smallest absolute Gasteiger partial charge is 0.272 e. The van der Waals surface area contributed by atoms with Crippen molar-refractivity contribution in [3.63, 3.8) is 0 Å². The maximum absolute atomic E-state index is 14.3. The standard InChI is InChI=1S/C24H25FN4O3/c1-15-7-3-4-8-17(15)19(13-22(30)26-16-11-12-16)27-24(31)20-14-23(32-2)29(28-20)21-10-6-5-9-18(21)25/h3-10,14,16,19H,11-13H2,1-2H3,(H,26,30)(H,27,31)/t19-/m0/s1. The maximum atomic E-state index is 14.3. The van der Waals surface area contributed by atoms with Gasteiger partial charge in [-0.25, -0.2) is 4.39 Å². The molecule has 2 amide bonds. The molecule has 1 saturated carbocycles. The van der Waals surface area contributed by atoms with Crippen molar-refractivity contribution < 1.29 is 18.7 Å². The van der Waals surface area contributed by atoms with Gasteiger partial charge in [-0.3, -0.25) is 9.59 Å². The van der Waals surface area contributed by atoms with Crippen LogP contribution >= 0.6 is 0 Å². The molecule has 1 atom stereocenters. The van der Waals surface area contributed by atoms with E-state index >= 15 is 0 Å². The number of hydrogen-bond donors (Lipinski definition) is 2. The first-order valence-electron chi connectivity index (χ1n) is 10.5. The summed E-state index contributed by atoms with van der Waals surface area (Å²) in [6.45, 7) is 1.93. The number of methoxy groups -OCH3 is 1. The van der Waals surface area contributed by atoms with Crippen molar-refractivity contribution in [2.75, 3.05) is 7.11 Å². The lowest BCUT2D eigenvalue weighted by atomic mass is 9.98. The minimum Gasteiger partial charge on any atom is -0.481 e. The Labute approximate surface area is 185 Å². The van der Waals surface area contributed by atoms with Gasteiger partial charge in [-0.1, -0.05) is 36.4 Å². The molecule has 1 aromatic heterocycles. The van der Waals surface area contributed by atoms with Crippen molar-refractivity contribution in [2.45, 2.75) is 38.3 Å². The quantitative estimate of drug-likeness (QED) is 0.566. The maximum Gasteiger partial charge on any atom is 0.272 e. The molecule has 32 heavy (non-hydrogen) atoms.